The lowest BCUT2D eigenvalue weighted by molar-refractivity contribution is 0.262. The van der Waals surface area contributed by atoms with E-state index >= 15 is 0 Å². The molecule has 0 aliphatic carbocycles. The molecule has 2 amide bonds. The summed E-state index contributed by atoms with van der Waals surface area (Å²) in [5.41, 5.74) is 7.13. The summed E-state index contributed by atoms with van der Waals surface area (Å²) in [4.78, 5) is 15.6. The standard InChI is InChI=1S/C23H21N3O/c1-15-7-10-20(13-16(15)2)25-23(27)24-19-11-8-17(9-12-19)22-14-18-5-3-4-6-21(18)26-22/h3-14,26H,1-2H3,(H2,24,25,27). The third-order valence-electron chi connectivity index (χ3n) is 4.75. The molecule has 4 nitrogen and oxygen atoms in total. The molecule has 4 heteroatoms. The number of nitrogens with one attached hydrogen (secondary N) is 3. The number of urea groups is 1. The van der Waals surface area contributed by atoms with E-state index in [1.165, 1.54) is 10.9 Å². The highest BCUT2D eigenvalue weighted by molar-refractivity contribution is 6.00. The van der Waals surface area contributed by atoms with Crippen LogP contribution >= 0.6 is 0 Å². The molecule has 0 spiro atoms. The van der Waals surface area contributed by atoms with Crippen LogP contribution < -0.4 is 10.6 Å². The van der Waals surface area contributed by atoms with Crippen LogP contribution in [-0.4, -0.2) is 11.0 Å². The molecule has 4 rings (SSSR count). The number of aryl methyl sites for hydroxylation is 2. The zero-order valence-electron chi connectivity index (χ0n) is 15.3. The van der Waals surface area contributed by atoms with Crippen molar-refractivity contribution in [1.82, 2.24) is 4.98 Å². The normalized spacial score (nSPS) is 10.7. The first-order chi connectivity index (χ1) is 13.1. The molecule has 4 aromatic rings. The highest BCUT2D eigenvalue weighted by Crippen LogP contribution is 2.25. The van der Waals surface area contributed by atoms with Gasteiger partial charge in [-0.1, -0.05) is 36.4 Å². The van der Waals surface area contributed by atoms with Gasteiger partial charge in [-0.25, -0.2) is 4.79 Å². The van der Waals surface area contributed by atoms with Crippen LogP contribution in [0.5, 0.6) is 0 Å². The lowest BCUT2D eigenvalue weighted by Crippen LogP contribution is -2.19. The van der Waals surface area contributed by atoms with E-state index in [-0.39, 0.29) is 6.03 Å². The minimum absolute atomic E-state index is 0.253. The number of amides is 2. The fourth-order valence-electron chi connectivity index (χ4n) is 3.07. The van der Waals surface area contributed by atoms with Gasteiger partial charge in [-0.05, 0) is 66.9 Å². The third-order valence-corrected chi connectivity index (χ3v) is 4.75. The Morgan fingerprint density at radius 1 is 0.778 bits per heavy atom. The maximum absolute atomic E-state index is 12.2. The molecule has 134 valence electrons. The SMILES string of the molecule is Cc1ccc(NC(=O)Nc2ccc(-c3cc4ccccc4[nH]3)cc2)cc1C. The second kappa shape index (κ2) is 7.00. The summed E-state index contributed by atoms with van der Waals surface area (Å²) in [6.07, 6.45) is 0. The molecule has 0 atom stereocenters. The Labute approximate surface area is 158 Å². The van der Waals surface area contributed by atoms with Gasteiger partial charge in [0.15, 0.2) is 0 Å². The average molecular weight is 355 g/mol. The van der Waals surface area contributed by atoms with E-state index in [1.54, 1.807) is 0 Å². The zero-order chi connectivity index (χ0) is 18.8. The molecular weight excluding hydrogens is 334 g/mol. The summed E-state index contributed by atoms with van der Waals surface area (Å²) in [5, 5.41) is 6.92. The molecule has 0 saturated heterocycles. The van der Waals surface area contributed by atoms with E-state index in [4.69, 9.17) is 0 Å². The Morgan fingerprint density at radius 2 is 1.48 bits per heavy atom. The number of carbonyl (C=O) groups excluding carboxylic acids is 1. The molecule has 0 aliphatic rings. The van der Waals surface area contributed by atoms with Gasteiger partial charge in [-0.3, -0.25) is 0 Å². The molecule has 1 aromatic heterocycles. The fraction of sp³-hybridized carbons (Fsp3) is 0.0870. The number of fused-ring (bicyclic) bond motifs is 1. The Morgan fingerprint density at radius 3 is 2.22 bits per heavy atom. The minimum atomic E-state index is -0.253. The van der Waals surface area contributed by atoms with Crippen LogP contribution in [-0.2, 0) is 0 Å². The zero-order valence-corrected chi connectivity index (χ0v) is 15.3. The highest BCUT2D eigenvalue weighted by Gasteiger charge is 2.06. The molecule has 3 N–H and O–H groups in total. The second-order valence-electron chi connectivity index (χ2n) is 6.73. The molecule has 0 radical (unpaired) electrons. The minimum Gasteiger partial charge on any atom is -0.355 e. The molecule has 0 fully saturated rings. The van der Waals surface area contributed by atoms with E-state index in [0.29, 0.717) is 0 Å². The highest BCUT2D eigenvalue weighted by atomic mass is 16.2. The molecular formula is C23H21N3O. The number of carbonyl (C=O) groups is 1. The van der Waals surface area contributed by atoms with Crippen molar-refractivity contribution in [2.75, 3.05) is 10.6 Å². The summed E-state index contributed by atoms with van der Waals surface area (Å²) in [5.74, 6) is 0. The van der Waals surface area contributed by atoms with Gasteiger partial charge < -0.3 is 15.6 Å². The summed E-state index contributed by atoms with van der Waals surface area (Å²) in [7, 11) is 0. The molecule has 0 saturated carbocycles. The number of H-pyrrole nitrogens is 1. The van der Waals surface area contributed by atoms with Crippen molar-refractivity contribution in [3.05, 3.63) is 83.9 Å². The summed E-state index contributed by atoms with van der Waals surface area (Å²) >= 11 is 0. The van der Waals surface area contributed by atoms with Crippen LogP contribution in [0.4, 0.5) is 16.2 Å². The predicted molar refractivity (Wildman–Crippen MR) is 112 cm³/mol. The molecule has 0 unspecified atom stereocenters. The number of hydrogen-bond acceptors (Lipinski definition) is 1. The van der Waals surface area contributed by atoms with Crippen LogP contribution in [0.2, 0.25) is 0 Å². The number of aromatic nitrogens is 1. The maximum atomic E-state index is 12.2. The lowest BCUT2D eigenvalue weighted by Gasteiger charge is -2.09. The Balaban J connectivity index is 1.45. The number of anilines is 2. The van der Waals surface area contributed by atoms with Crippen molar-refractivity contribution >= 4 is 28.3 Å². The molecule has 1 heterocycles. The first kappa shape index (κ1) is 16.9. The van der Waals surface area contributed by atoms with E-state index in [1.807, 2.05) is 68.4 Å². The van der Waals surface area contributed by atoms with E-state index in [9.17, 15) is 4.79 Å². The summed E-state index contributed by atoms with van der Waals surface area (Å²) in [6.45, 7) is 4.08. The summed E-state index contributed by atoms with van der Waals surface area (Å²) in [6, 6.07) is 23.7. The molecule has 0 bridgehead atoms. The van der Waals surface area contributed by atoms with Crippen molar-refractivity contribution in [3.8, 4) is 11.3 Å². The monoisotopic (exact) mass is 355 g/mol. The van der Waals surface area contributed by atoms with E-state index < -0.39 is 0 Å². The molecule has 0 aliphatic heterocycles. The maximum Gasteiger partial charge on any atom is 0.323 e. The predicted octanol–water partition coefficient (Wildman–Crippen LogP) is 6.10. The van der Waals surface area contributed by atoms with Crippen molar-refractivity contribution in [3.63, 3.8) is 0 Å². The number of benzene rings is 3. The number of para-hydroxylation sites is 1. The Kier molecular flexibility index (Phi) is 4.38. The molecule has 27 heavy (non-hydrogen) atoms. The topological polar surface area (TPSA) is 56.9 Å². The van der Waals surface area contributed by atoms with E-state index in [2.05, 4.69) is 33.8 Å². The number of hydrogen-bond donors (Lipinski definition) is 3. The van der Waals surface area contributed by atoms with Crippen LogP contribution in [0.1, 0.15) is 11.1 Å². The largest absolute Gasteiger partial charge is 0.355 e. The van der Waals surface area contributed by atoms with Crippen molar-refractivity contribution < 1.29 is 4.79 Å². The lowest BCUT2D eigenvalue weighted by atomic mass is 10.1. The Hall–Kier alpha value is -3.53. The second-order valence-corrected chi connectivity index (χ2v) is 6.73. The van der Waals surface area contributed by atoms with Crippen molar-refractivity contribution in [1.29, 1.82) is 0 Å². The van der Waals surface area contributed by atoms with Gasteiger partial charge in [0.2, 0.25) is 0 Å². The quantitative estimate of drug-likeness (QED) is 0.409. The number of rotatable bonds is 3. The average Bonchev–Trinajstić information content (AvgIpc) is 3.09. The van der Waals surface area contributed by atoms with Crippen LogP contribution in [0.15, 0.2) is 72.8 Å². The van der Waals surface area contributed by atoms with Gasteiger partial charge in [0, 0.05) is 28.0 Å². The van der Waals surface area contributed by atoms with Gasteiger partial charge in [-0.2, -0.15) is 0 Å². The van der Waals surface area contributed by atoms with Gasteiger partial charge in [-0.15, -0.1) is 0 Å². The van der Waals surface area contributed by atoms with Crippen LogP contribution in [0.25, 0.3) is 22.2 Å². The number of aromatic amines is 1. The van der Waals surface area contributed by atoms with Gasteiger partial charge >= 0.3 is 6.03 Å². The van der Waals surface area contributed by atoms with E-state index in [0.717, 1.165) is 33.7 Å². The first-order valence-corrected chi connectivity index (χ1v) is 8.92. The van der Waals surface area contributed by atoms with Crippen molar-refractivity contribution in [2.24, 2.45) is 0 Å². The van der Waals surface area contributed by atoms with Gasteiger partial charge in [0.1, 0.15) is 0 Å². The fourth-order valence-corrected chi connectivity index (χ4v) is 3.07. The van der Waals surface area contributed by atoms with Gasteiger partial charge in [0.25, 0.3) is 0 Å². The van der Waals surface area contributed by atoms with Crippen LogP contribution in [0, 0.1) is 13.8 Å². The van der Waals surface area contributed by atoms with Gasteiger partial charge in [0.05, 0.1) is 0 Å². The van der Waals surface area contributed by atoms with Crippen LogP contribution in [0.3, 0.4) is 0 Å². The first-order valence-electron chi connectivity index (χ1n) is 8.92. The molecule has 3 aromatic carbocycles. The smallest absolute Gasteiger partial charge is 0.323 e. The van der Waals surface area contributed by atoms with Crippen molar-refractivity contribution in [2.45, 2.75) is 13.8 Å². The summed E-state index contributed by atoms with van der Waals surface area (Å²) < 4.78 is 0. The Bertz CT molecular complexity index is 1080. The third kappa shape index (κ3) is 3.70.